The van der Waals surface area contributed by atoms with Crippen molar-refractivity contribution in [1.29, 1.82) is 0 Å². The molecule has 0 spiro atoms. The quantitative estimate of drug-likeness (QED) is 0.0431. The summed E-state index contributed by atoms with van der Waals surface area (Å²) >= 11 is 0. The minimum atomic E-state index is -4.32. The van der Waals surface area contributed by atoms with Gasteiger partial charge in [-0.3, -0.25) is 4.55 Å². The molecule has 2 aromatic carbocycles. The van der Waals surface area contributed by atoms with Crippen LogP contribution < -0.4 is 0 Å². The van der Waals surface area contributed by atoms with Gasteiger partial charge in [0.05, 0.1) is 0 Å². The minimum Gasteiger partial charge on any atom is -0.307 e. The van der Waals surface area contributed by atoms with Gasteiger partial charge >= 0.3 is 0 Å². The van der Waals surface area contributed by atoms with Crippen molar-refractivity contribution in [3.8, 4) is 0 Å². The van der Waals surface area contributed by atoms with E-state index >= 15 is 0 Å². The van der Waals surface area contributed by atoms with Crippen LogP contribution in [0.15, 0.2) is 35.2 Å². The summed E-state index contributed by atoms with van der Waals surface area (Å²) < 4.78 is 36.0. The molecule has 0 bridgehead atoms. The zero-order valence-corrected chi connectivity index (χ0v) is 38.0. The van der Waals surface area contributed by atoms with Crippen molar-refractivity contribution >= 4 is 57.2 Å². The molecule has 1 N–H and O–H groups in total. The monoisotopic (exact) mass is 766 g/mol. The van der Waals surface area contributed by atoms with Gasteiger partial charge in [0.25, 0.3) is 10.1 Å². The topological polar surface area (TPSA) is 71.4 Å². The Kier molecular flexibility index (Phi) is 36.4. The van der Waals surface area contributed by atoms with Gasteiger partial charge < -0.3 is 4.79 Å². The summed E-state index contributed by atoms with van der Waals surface area (Å²) in [6.45, 7) is 6.57. The normalized spacial score (nSPS) is 11.4. The Labute approximate surface area is 351 Å². The fourth-order valence-corrected chi connectivity index (χ4v) is 8.93. The fourth-order valence-electron chi connectivity index (χ4n) is 7.92. The number of hydrogen-bond acceptors (Lipinski definition) is 3. The van der Waals surface area contributed by atoms with Gasteiger partial charge in [-0.25, -0.2) is 0 Å². The summed E-state index contributed by atoms with van der Waals surface area (Å²) in [4.78, 5) is 8.17. The van der Waals surface area contributed by atoms with E-state index in [9.17, 15) is 13.0 Å². The molecule has 0 aliphatic carbocycles. The van der Waals surface area contributed by atoms with Gasteiger partial charge in [0.1, 0.15) is 11.7 Å². The van der Waals surface area contributed by atoms with E-state index in [1.807, 2.05) is 31.1 Å². The summed E-state index contributed by atoms with van der Waals surface area (Å²) in [6, 6.07) is 9.89. The molecule has 0 amide bonds. The maximum absolute atomic E-state index is 12.8. The Morgan fingerprint density at radius 1 is 0.472 bits per heavy atom. The molecule has 0 heterocycles. The summed E-state index contributed by atoms with van der Waals surface area (Å²) in [5, 5.41) is 1.58. The Balaban J connectivity index is 0.00000885. The number of hydrogen-bond donors (Lipinski definition) is 1. The molecule has 0 unspecified atom stereocenters. The average molecular weight is 766 g/mol. The van der Waals surface area contributed by atoms with E-state index in [2.05, 4.69) is 19.9 Å². The Hall–Kier alpha value is -0.720. The molecule has 0 atom stereocenters. The van der Waals surface area contributed by atoms with Crippen LogP contribution in [0.5, 0.6) is 0 Å². The zero-order valence-electron chi connectivity index (χ0n) is 35.2. The van der Waals surface area contributed by atoms with Gasteiger partial charge in [0, 0.05) is 34.9 Å². The number of unbranched alkanes of at least 4 members (excludes halogenated alkanes) is 30. The van der Waals surface area contributed by atoms with Crippen molar-refractivity contribution in [3.63, 3.8) is 0 Å². The van der Waals surface area contributed by atoms with Crippen LogP contribution in [0.2, 0.25) is 0 Å². The van der Waals surface area contributed by atoms with Crippen LogP contribution in [-0.2, 0) is 27.8 Å². The molecular formula is C47H82NaO4S. The van der Waals surface area contributed by atoms with Crippen LogP contribution in [0.25, 0.3) is 10.8 Å². The summed E-state index contributed by atoms with van der Waals surface area (Å²) in [5.74, 6) is 0. The molecule has 0 saturated carbocycles. The van der Waals surface area contributed by atoms with Crippen LogP contribution in [0, 0.1) is 0 Å². The first-order valence-electron chi connectivity index (χ1n) is 22.3. The molecule has 2 aromatic rings. The van der Waals surface area contributed by atoms with Crippen LogP contribution in [0.4, 0.5) is 0 Å². The van der Waals surface area contributed by atoms with Crippen LogP contribution in [0.3, 0.4) is 0 Å². The third kappa shape index (κ3) is 26.7. The molecule has 301 valence electrons. The van der Waals surface area contributed by atoms with Crippen molar-refractivity contribution < 1.29 is 17.8 Å². The van der Waals surface area contributed by atoms with Gasteiger partial charge in [-0.15, -0.1) is 0 Å². The first kappa shape index (κ1) is 52.3. The Morgan fingerprint density at radius 3 is 1.11 bits per heavy atom. The smallest absolute Gasteiger partial charge is 0.295 e. The maximum Gasteiger partial charge on any atom is 0.295 e. The van der Waals surface area contributed by atoms with E-state index in [1.54, 1.807) is 0 Å². The molecular weight excluding hydrogens is 684 g/mol. The zero-order chi connectivity index (χ0) is 38.0. The standard InChI is InChI=1S/C46H80O3S.CH2O.Na/c1-3-5-7-9-11-13-15-17-19-21-23-25-27-29-31-33-37-42-41-43-38-35-36-40-45(43)46(50(47,48)49)44(42)39-34-32-30-28-26-24-22-20-18-16-14-12-10-8-6-4-2;1-2;/h35-36,38,40-41H,3-34,37,39H2,1-2H3,(H,47,48,49);1H2;. The average Bonchev–Trinajstić information content (AvgIpc) is 3.14. The van der Waals surface area contributed by atoms with E-state index in [4.69, 9.17) is 4.79 Å². The fraction of sp³-hybridized carbons (Fsp3) is 0.766. The van der Waals surface area contributed by atoms with E-state index in [1.165, 1.54) is 186 Å². The van der Waals surface area contributed by atoms with Crippen LogP contribution in [0.1, 0.15) is 230 Å². The molecule has 4 nitrogen and oxygen atoms in total. The third-order valence-electron chi connectivity index (χ3n) is 11.0. The van der Waals surface area contributed by atoms with Gasteiger partial charge in [-0.2, -0.15) is 8.42 Å². The summed E-state index contributed by atoms with van der Waals surface area (Å²) in [6.07, 6.45) is 44.4. The second-order valence-electron chi connectivity index (χ2n) is 15.6. The number of carbonyl (C=O) groups excluding carboxylic acids is 1. The SMILES string of the molecule is C=O.CCCCCCCCCCCCCCCCCCc1cc2ccccc2c(S(=O)(=O)O)c1CCCCCCCCCCCCCCCCCC.[Na]. The Bertz CT molecular complexity index is 1210. The second kappa shape index (κ2) is 36.9. The molecule has 0 saturated heterocycles. The molecule has 0 aliphatic rings. The van der Waals surface area contributed by atoms with Crippen molar-refractivity contribution in [1.82, 2.24) is 0 Å². The second-order valence-corrected chi connectivity index (χ2v) is 17.0. The summed E-state index contributed by atoms with van der Waals surface area (Å²) in [7, 11) is -4.32. The molecule has 0 aromatic heterocycles. The van der Waals surface area contributed by atoms with E-state index in [0.717, 1.165) is 48.6 Å². The van der Waals surface area contributed by atoms with E-state index in [0.29, 0.717) is 5.39 Å². The van der Waals surface area contributed by atoms with E-state index < -0.39 is 10.1 Å². The minimum absolute atomic E-state index is 0. The van der Waals surface area contributed by atoms with Crippen molar-refractivity contribution in [2.24, 2.45) is 0 Å². The molecule has 2 rings (SSSR count). The number of carbonyl (C=O) groups is 1. The number of rotatable bonds is 35. The van der Waals surface area contributed by atoms with E-state index in [-0.39, 0.29) is 34.5 Å². The van der Waals surface area contributed by atoms with Gasteiger partial charge in [-0.1, -0.05) is 237 Å². The van der Waals surface area contributed by atoms with Crippen molar-refractivity contribution in [2.75, 3.05) is 0 Å². The van der Waals surface area contributed by atoms with Gasteiger partial charge in [0.2, 0.25) is 0 Å². The van der Waals surface area contributed by atoms with Gasteiger partial charge in [-0.05, 0) is 42.2 Å². The predicted octanol–water partition coefficient (Wildman–Crippen LogP) is 15.1. The van der Waals surface area contributed by atoms with Crippen LogP contribution >= 0.6 is 0 Å². The molecule has 1 radical (unpaired) electrons. The van der Waals surface area contributed by atoms with Gasteiger partial charge in [0.15, 0.2) is 0 Å². The third-order valence-corrected chi connectivity index (χ3v) is 12.0. The van der Waals surface area contributed by atoms with Crippen molar-refractivity contribution in [2.45, 2.75) is 237 Å². The predicted molar refractivity (Wildman–Crippen MR) is 233 cm³/mol. The van der Waals surface area contributed by atoms with Crippen LogP contribution in [-0.4, -0.2) is 49.3 Å². The molecule has 0 aliphatic heterocycles. The number of fused-ring (bicyclic) bond motifs is 1. The molecule has 0 fully saturated rings. The Morgan fingerprint density at radius 2 is 0.774 bits per heavy atom. The molecule has 53 heavy (non-hydrogen) atoms. The first-order chi connectivity index (χ1) is 25.5. The maximum atomic E-state index is 12.8. The largest absolute Gasteiger partial charge is 0.307 e. The number of benzene rings is 2. The summed E-state index contributed by atoms with van der Waals surface area (Å²) in [5.41, 5.74) is 2.00. The number of aryl methyl sites for hydroxylation is 1. The molecule has 6 heteroatoms. The van der Waals surface area contributed by atoms with Crippen molar-refractivity contribution in [3.05, 3.63) is 41.5 Å². The first-order valence-corrected chi connectivity index (χ1v) is 23.7.